The number of halogens is 1. The number of hydrogen-bond donors (Lipinski definition) is 3. The van der Waals surface area contributed by atoms with Crippen LogP contribution in [-0.2, 0) is 6.54 Å². The molecule has 2 atom stereocenters. The Morgan fingerprint density at radius 1 is 1.35 bits per heavy atom. The van der Waals surface area contributed by atoms with Crippen LogP contribution in [0.4, 0.5) is 0 Å². The lowest BCUT2D eigenvalue weighted by Crippen LogP contribution is -2.35. The Kier molecular flexibility index (Phi) is 4.42. The maximum atomic E-state index is 9.84. The molecule has 1 saturated carbocycles. The van der Waals surface area contributed by atoms with Gasteiger partial charge in [-0.25, -0.2) is 0 Å². The Labute approximate surface area is 110 Å². The van der Waals surface area contributed by atoms with E-state index in [1.807, 2.05) is 18.2 Å². The average Bonchev–Trinajstić information content (AvgIpc) is 2.31. The first-order valence-electron chi connectivity index (χ1n) is 6.04. The first-order chi connectivity index (χ1) is 8.16. The van der Waals surface area contributed by atoms with E-state index in [0.717, 1.165) is 35.7 Å². The molecule has 0 radical (unpaired) electrons. The molecule has 0 spiro atoms. The van der Waals surface area contributed by atoms with Crippen LogP contribution in [0.2, 0.25) is 0 Å². The van der Waals surface area contributed by atoms with Gasteiger partial charge in [-0.2, -0.15) is 0 Å². The van der Waals surface area contributed by atoms with Gasteiger partial charge >= 0.3 is 0 Å². The van der Waals surface area contributed by atoms with Crippen molar-refractivity contribution in [3.05, 3.63) is 28.2 Å². The van der Waals surface area contributed by atoms with E-state index in [1.165, 1.54) is 0 Å². The minimum absolute atomic E-state index is 0.169. The zero-order valence-electron chi connectivity index (χ0n) is 9.69. The molecule has 3 N–H and O–H groups in total. The van der Waals surface area contributed by atoms with Crippen LogP contribution >= 0.6 is 15.9 Å². The van der Waals surface area contributed by atoms with Crippen molar-refractivity contribution in [3.8, 4) is 5.75 Å². The van der Waals surface area contributed by atoms with Crippen LogP contribution in [0.1, 0.15) is 31.2 Å². The molecule has 0 saturated heterocycles. The standard InChI is InChI=1S/C13H18BrNO2/c14-12-6-1-3-9(13(12)17)8-15-10-4-2-5-11(16)7-10/h1,3,6,10-11,15-17H,2,4-5,7-8H2/t10-,11+/m1/s1. The molecule has 0 amide bonds. The van der Waals surface area contributed by atoms with Crippen LogP contribution in [0.15, 0.2) is 22.7 Å². The van der Waals surface area contributed by atoms with Crippen LogP contribution in [0.3, 0.4) is 0 Å². The molecule has 94 valence electrons. The van der Waals surface area contributed by atoms with Gasteiger partial charge in [-0.1, -0.05) is 12.1 Å². The SMILES string of the molecule is Oc1c(Br)cccc1CN[C@@H]1CCC[C@H](O)C1. The normalized spacial score (nSPS) is 24.8. The average molecular weight is 300 g/mol. The quantitative estimate of drug-likeness (QED) is 0.804. The molecule has 1 aliphatic carbocycles. The number of phenolic OH excluding ortho intramolecular Hbond substituents is 1. The number of nitrogens with one attached hydrogen (secondary N) is 1. The number of rotatable bonds is 3. The Balaban J connectivity index is 1.91. The Bertz CT molecular complexity index is 384. The number of para-hydroxylation sites is 1. The Morgan fingerprint density at radius 2 is 2.18 bits per heavy atom. The van der Waals surface area contributed by atoms with Crippen molar-refractivity contribution in [2.45, 2.75) is 44.4 Å². The number of hydrogen-bond acceptors (Lipinski definition) is 3. The fraction of sp³-hybridized carbons (Fsp3) is 0.538. The van der Waals surface area contributed by atoms with Crippen molar-refractivity contribution in [2.24, 2.45) is 0 Å². The van der Waals surface area contributed by atoms with Gasteiger partial charge in [0.05, 0.1) is 10.6 Å². The predicted octanol–water partition coefficient (Wildman–Crippen LogP) is 2.55. The third-order valence-electron chi connectivity index (χ3n) is 3.30. The topological polar surface area (TPSA) is 52.5 Å². The summed E-state index contributed by atoms with van der Waals surface area (Å²) in [6.07, 6.45) is 3.74. The fourth-order valence-electron chi connectivity index (χ4n) is 2.31. The molecular weight excluding hydrogens is 282 g/mol. The van der Waals surface area contributed by atoms with Gasteiger partial charge in [-0.3, -0.25) is 0 Å². The second-order valence-electron chi connectivity index (χ2n) is 4.65. The van der Waals surface area contributed by atoms with E-state index in [0.29, 0.717) is 18.3 Å². The van der Waals surface area contributed by atoms with Crippen LogP contribution in [0, 0.1) is 0 Å². The van der Waals surface area contributed by atoms with E-state index in [1.54, 1.807) is 0 Å². The Morgan fingerprint density at radius 3 is 2.94 bits per heavy atom. The molecule has 1 aromatic rings. The van der Waals surface area contributed by atoms with E-state index in [-0.39, 0.29) is 6.10 Å². The minimum Gasteiger partial charge on any atom is -0.506 e. The molecule has 1 fully saturated rings. The summed E-state index contributed by atoms with van der Waals surface area (Å²) < 4.78 is 0.723. The highest BCUT2D eigenvalue weighted by molar-refractivity contribution is 9.10. The summed E-state index contributed by atoms with van der Waals surface area (Å²) in [5.74, 6) is 0.302. The third-order valence-corrected chi connectivity index (χ3v) is 3.94. The first kappa shape index (κ1) is 12.9. The molecule has 1 aromatic carbocycles. The number of aliphatic hydroxyl groups is 1. The highest BCUT2D eigenvalue weighted by atomic mass is 79.9. The van der Waals surface area contributed by atoms with Gasteiger partial charge < -0.3 is 15.5 Å². The second kappa shape index (κ2) is 5.85. The number of benzene rings is 1. The minimum atomic E-state index is -0.169. The third kappa shape index (κ3) is 3.44. The van der Waals surface area contributed by atoms with E-state index < -0.39 is 0 Å². The maximum Gasteiger partial charge on any atom is 0.134 e. The highest BCUT2D eigenvalue weighted by Gasteiger charge is 2.19. The summed E-state index contributed by atoms with van der Waals surface area (Å²) in [6.45, 7) is 0.642. The molecule has 17 heavy (non-hydrogen) atoms. The van der Waals surface area contributed by atoms with Gasteiger partial charge in [0.1, 0.15) is 5.75 Å². The lowest BCUT2D eigenvalue weighted by Gasteiger charge is -2.26. The van der Waals surface area contributed by atoms with Crippen molar-refractivity contribution in [1.29, 1.82) is 0 Å². The number of phenols is 1. The molecule has 0 unspecified atom stereocenters. The second-order valence-corrected chi connectivity index (χ2v) is 5.50. The summed E-state index contributed by atoms with van der Waals surface area (Å²) in [4.78, 5) is 0. The van der Waals surface area contributed by atoms with E-state index >= 15 is 0 Å². The van der Waals surface area contributed by atoms with Crippen molar-refractivity contribution in [1.82, 2.24) is 5.32 Å². The maximum absolute atomic E-state index is 9.84. The van der Waals surface area contributed by atoms with E-state index in [9.17, 15) is 10.2 Å². The van der Waals surface area contributed by atoms with Crippen molar-refractivity contribution in [3.63, 3.8) is 0 Å². The predicted molar refractivity (Wildman–Crippen MR) is 70.9 cm³/mol. The zero-order valence-corrected chi connectivity index (χ0v) is 11.3. The Hall–Kier alpha value is -0.580. The highest BCUT2D eigenvalue weighted by Crippen LogP contribution is 2.27. The van der Waals surface area contributed by atoms with Gasteiger partial charge in [-0.15, -0.1) is 0 Å². The van der Waals surface area contributed by atoms with Crippen molar-refractivity contribution < 1.29 is 10.2 Å². The molecule has 0 heterocycles. The van der Waals surface area contributed by atoms with E-state index in [2.05, 4.69) is 21.2 Å². The van der Waals surface area contributed by atoms with E-state index in [4.69, 9.17) is 0 Å². The number of aromatic hydroxyl groups is 1. The van der Waals surface area contributed by atoms with Crippen LogP contribution < -0.4 is 5.32 Å². The number of aliphatic hydroxyl groups excluding tert-OH is 1. The molecular formula is C13H18BrNO2. The summed E-state index contributed by atoms with van der Waals surface area (Å²) in [5, 5.41) is 22.8. The molecule has 1 aliphatic rings. The van der Waals surface area contributed by atoms with Gasteiger partial charge in [-0.05, 0) is 47.7 Å². The molecule has 0 bridgehead atoms. The van der Waals surface area contributed by atoms with Gasteiger partial charge in [0, 0.05) is 18.2 Å². The molecule has 4 heteroatoms. The van der Waals surface area contributed by atoms with Crippen LogP contribution in [0.25, 0.3) is 0 Å². The molecule has 0 aliphatic heterocycles. The summed E-state index contributed by atoms with van der Waals surface area (Å²) in [5.41, 5.74) is 0.888. The lowest BCUT2D eigenvalue weighted by molar-refractivity contribution is 0.111. The van der Waals surface area contributed by atoms with Crippen molar-refractivity contribution >= 4 is 15.9 Å². The van der Waals surface area contributed by atoms with Gasteiger partial charge in [0.15, 0.2) is 0 Å². The van der Waals surface area contributed by atoms with Gasteiger partial charge in [0.2, 0.25) is 0 Å². The summed E-state index contributed by atoms with van der Waals surface area (Å²) in [6, 6.07) is 6.00. The first-order valence-corrected chi connectivity index (χ1v) is 6.84. The summed E-state index contributed by atoms with van der Waals surface area (Å²) in [7, 11) is 0. The molecule has 2 rings (SSSR count). The lowest BCUT2D eigenvalue weighted by atomic mass is 9.93. The zero-order chi connectivity index (χ0) is 12.3. The largest absolute Gasteiger partial charge is 0.506 e. The monoisotopic (exact) mass is 299 g/mol. The fourth-order valence-corrected chi connectivity index (χ4v) is 2.71. The van der Waals surface area contributed by atoms with Crippen molar-refractivity contribution in [2.75, 3.05) is 0 Å². The van der Waals surface area contributed by atoms with Gasteiger partial charge in [0.25, 0.3) is 0 Å². The summed E-state index contributed by atoms with van der Waals surface area (Å²) >= 11 is 3.30. The van der Waals surface area contributed by atoms with Crippen LogP contribution in [-0.4, -0.2) is 22.4 Å². The molecule has 0 aromatic heterocycles. The van der Waals surface area contributed by atoms with Crippen LogP contribution in [0.5, 0.6) is 5.75 Å². The molecule has 3 nitrogen and oxygen atoms in total. The smallest absolute Gasteiger partial charge is 0.134 e.